The third-order valence-electron chi connectivity index (χ3n) is 3.03. The van der Waals surface area contributed by atoms with E-state index in [1.807, 2.05) is 13.0 Å². The van der Waals surface area contributed by atoms with E-state index >= 15 is 0 Å². The van der Waals surface area contributed by atoms with E-state index in [2.05, 4.69) is 4.90 Å². The molecule has 5 heteroatoms. The van der Waals surface area contributed by atoms with Crippen molar-refractivity contribution < 1.29 is 9.13 Å². The lowest BCUT2D eigenvalue weighted by Crippen LogP contribution is -2.32. The molecule has 0 aromatic heterocycles. The molecule has 0 radical (unpaired) electrons. The molecule has 0 saturated carbocycles. The van der Waals surface area contributed by atoms with E-state index in [1.54, 1.807) is 6.07 Å². The van der Waals surface area contributed by atoms with Gasteiger partial charge in [0.25, 0.3) is 0 Å². The van der Waals surface area contributed by atoms with Crippen LogP contribution in [-0.4, -0.2) is 30.8 Å². The lowest BCUT2D eigenvalue weighted by molar-refractivity contribution is 0.0821. The van der Waals surface area contributed by atoms with Crippen LogP contribution in [0.3, 0.4) is 0 Å². The lowest BCUT2D eigenvalue weighted by atomic mass is 10.1. The molecule has 1 unspecified atom stereocenters. The van der Waals surface area contributed by atoms with Gasteiger partial charge >= 0.3 is 0 Å². The van der Waals surface area contributed by atoms with E-state index < -0.39 is 0 Å². The standard InChI is InChI=1S/C13H17FN2OS/c1-9-8-16(6-3-7-17-9)11-5-2-4-10(14)12(11)13(15)18/h2,4-5,9H,3,6-8H2,1H3,(H2,15,18). The topological polar surface area (TPSA) is 38.5 Å². The number of benzene rings is 1. The van der Waals surface area contributed by atoms with Gasteiger partial charge < -0.3 is 15.4 Å². The van der Waals surface area contributed by atoms with Crippen LogP contribution in [0, 0.1) is 5.82 Å². The van der Waals surface area contributed by atoms with Crippen LogP contribution >= 0.6 is 12.2 Å². The maximum atomic E-state index is 13.8. The fourth-order valence-electron chi connectivity index (χ4n) is 2.23. The van der Waals surface area contributed by atoms with Gasteiger partial charge in [-0.15, -0.1) is 0 Å². The molecule has 18 heavy (non-hydrogen) atoms. The lowest BCUT2D eigenvalue weighted by Gasteiger charge is -2.26. The Hall–Kier alpha value is -1.20. The number of anilines is 1. The van der Waals surface area contributed by atoms with Crippen molar-refractivity contribution in [3.8, 4) is 0 Å². The van der Waals surface area contributed by atoms with Crippen molar-refractivity contribution in [1.82, 2.24) is 0 Å². The molecule has 1 aliphatic heterocycles. The van der Waals surface area contributed by atoms with Gasteiger partial charge in [0.15, 0.2) is 0 Å². The van der Waals surface area contributed by atoms with Crippen LogP contribution in [0.4, 0.5) is 10.1 Å². The Balaban J connectivity index is 2.37. The molecule has 1 heterocycles. The fourth-order valence-corrected chi connectivity index (χ4v) is 2.44. The summed E-state index contributed by atoms with van der Waals surface area (Å²) in [5.41, 5.74) is 6.73. The maximum Gasteiger partial charge on any atom is 0.135 e. The van der Waals surface area contributed by atoms with Crippen LogP contribution in [0.15, 0.2) is 18.2 Å². The molecule has 1 atom stereocenters. The van der Waals surface area contributed by atoms with Crippen molar-refractivity contribution in [3.63, 3.8) is 0 Å². The van der Waals surface area contributed by atoms with E-state index in [0.717, 1.165) is 31.8 Å². The second-order valence-electron chi connectivity index (χ2n) is 4.48. The minimum atomic E-state index is -0.363. The number of nitrogens with zero attached hydrogens (tertiary/aromatic N) is 1. The van der Waals surface area contributed by atoms with Crippen LogP contribution in [0.25, 0.3) is 0 Å². The number of ether oxygens (including phenoxy) is 1. The van der Waals surface area contributed by atoms with Crippen LogP contribution in [0.5, 0.6) is 0 Å². The van der Waals surface area contributed by atoms with Gasteiger partial charge in [-0.25, -0.2) is 4.39 Å². The Kier molecular flexibility index (Phi) is 4.14. The van der Waals surface area contributed by atoms with Gasteiger partial charge in [-0.2, -0.15) is 0 Å². The molecule has 0 aliphatic carbocycles. The first-order valence-corrected chi connectivity index (χ1v) is 6.45. The highest BCUT2D eigenvalue weighted by Gasteiger charge is 2.20. The van der Waals surface area contributed by atoms with Crippen molar-refractivity contribution in [2.45, 2.75) is 19.4 Å². The Labute approximate surface area is 112 Å². The average molecular weight is 268 g/mol. The van der Waals surface area contributed by atoms with Crippen molar-refractivity contribution in [2.24, 2.45) is 5.73 Å². The SMILES string of the molecule is CC1CN(c2cccc(F)c2C(N)=S)CCCO1. The molecule has 1 fully saturated rings. The van der Waals surface area contributed by atoms with Crippen molar-refractivity contribution in [1.29, 1.82) is 0 Å². The number of rotatable bonds is 2. The predicted octanol–water partition coefficient (Wildman–Crippen LogP) is 2.08. The molecule has 98 valence electrons. The molecular weight excluding hydrogens is 251 g/mol. The number of thiocarbonyl (C=S) groups is 1. The van der Waals surface area contributed by atoms with Crippen molar-refractivity contribution in [2.75, 3.05) is 24.6 Å². The monoisotopic (exact) mass is 268 g/mol. The second kappa shape index (κ2) is 5.63. The van der Waals surface area contributed by atoms with Gasteiger partial charge in [0.2, 0.25) is 0 Å². The molecular formula is C13H17FN2OS. The minimum Gasteiger partial charge on any atom is -0.389 e. The van der Waals surface area contributed by atoms with Gasteiger partial charge in [-0.3, -0.25) is 0 Å². The summed E-state index contributed by atoms with van der Waals surface area (Å²) in [6.45, 7) is 4.29. The zero-order valence-corrected chi connectivity index (χ0v) is 11.2. The molecule has 0 bridgehead atoms. The minimum absolute atomic E-state index is 0.0981. The summed E-state index contributed by atoms with van der Waals surface area (Å²) in [5.74, 6) is -0.363. The van der Waals surface area contributed by atoms with Crippen LogP contribution in [0.2, 0.25) is 0 Å². The fraction of sp³-hybridized carbons (Fsp3) is 0.462. The van der Waals surface area contributed by atoms with E-state index in [9.17, 15) is 4.39 Å². The number of halogens is 1. The van der Waals surface area contributed by atoms with E-state index in [0.29, 0.717) is 5.56 Å². The largest absolute Gasteiger partial charge is 0.389 e. The van der Waals surface area contributed by atoms with Crippen LogP contribution in [0.1, 0.15) is 18.9 Å². The zero-order chi connectivity index (χ0) is 13.1. The first-order chi connectivity index (χ1) is 8.59. The Morgan fingerprint density at radius 3 is 3.06 bits per heavy atom. The quantitative estimate of drug-likeness (QED) is 0.833. The number of nitrogens with two attached hydrogens (primary N) is 1. The summed E-state index contributed by atoms with van der Waals surface area (Å²) in [5, 5.41) is 0. The highest BCUT2D eigenvalue weighted by Crippen LogP contribution is 2.25. The van der Waals surface area contributed by atoms with E-state index in [1.165, 1.54) is 6.07 Å². The first kappa shape index (κ1) is 13.2. The number of hydrogen-bond donors (Lipinski definition) is 1. The Morgan fingerprint density at radius 2 is 2.33 bits per heavy atom. The highest BCUT2D eigenvalue weighted by molar-refractivity contribution is 7.80. The normalized spacial score (nSPS) is 20.6. The van der Waals surface area contributed by atoms with Crippen LogP contribution < -0.4 is 10.6 Å². The van der Waals surface area contributed by atoms with Gasteiger partial charge in [0.1, 0.15) is 10.8 Å². The maximum absolute atomic E-state index is 13.8. The molecule has 3 nitrogen and oxygen atoms in total. The highest BCUT2D eigenvalue weighted by atomic mass is 32.1. The summed E-state index contributed by atoms with van der Waals surface area (Å²) < 4.78 is 19.4. The van der Waals surface area contributed by atoms with Gasteiger partial charge in [0, 0.05) is 25.4 Å². The van der Waals surface area contributed by atoms with Gasteiger partial charge in [0.05, 0.1) is 11.7 Å². The third kappa shape index (κ3) is 2.79. The molecule has 0 amide bonds. The van der Waals surface area contributed by atoms with Crippen molar-refractivity contribution >= 4 is 22.9 Å². The summed E-state index contributed by atoms with van der Waals surface area (Å²) >= 11 is 4.95. The molecule has 0 spiro atoms. The average Bonchev–Trinajstić information content (AvgIpc) is 2.53. The molecule has 1 aliphatic rings. The predicted molar refractivity (Wildman–Crippen MR) is 74.5 cm³/mol. The van der Waals surface area contributed by atoms with E-state index in [-0.39, 0.29) is 16.9 Å². The summed E-state index contributed by atoms with van der Waals surface area (Å²) in [7, 11) is 0. The zero-order valence-electron chi connectivity index (χ0n) is 10.4. The summed E-state index contributed by atoms with van der Waals surface area (Å²) in [6, 6.07) is 4.92. The number of hydrogen-bond acceptors (Lipinski definition) is 3. The molecule has 1 aromatic rings. The molecule has 2 rings (SSSR count). The summed E-state index contributed by atoms with van der Waals surface area (Å²) in [6.07, 6.45) is 1.03. The first-order valence-electron chi connectivity index (χ1n) is 6.04. The molecule has 2 N–H and O–H groups in total. The van der Waals surface area contributed by atoms with Gasteiger partial charge in [-0.1, -0.05) is 18.3 Å². The van der Waals surface area contributed by atoms with Gasteiger partial charge in [-0.05, 0) is 25.5 Å². The summed E-state index contributed by atoms with van der Waals surface area (Å²) in [4.78, 5) is 2.19. The smallest absolute Gasteiger partial charge is 0.135 e. The van der Waals surface area contributed by atoms with E-state index in [4.69, 9.17) is 22.7 Å². The third-order valence-corrected chi connectivity index (χ3v) is 3.24. The Bertz CT molecular complexity index is 453. The van der Waals surface area contributed by atoms with Crippen molar-refractivity contribution in [3.05, 3.63) is 29.6 Å². The Morgan fingerprint density at radius 1 is 1.56 bits per heavy atom. The van der Waals surface area contributed by atoms with Crippen LogP contribution in [-0.2, 0) is 4.74 Å². The molecule has 1 aromatic carbocycles. The second-order valence-corrected chi connectivity index (χ2v) is 4.92. The molecule has 1 saturated heterocycles.